The summed E-state index contributed by atoms with van der Waals surface area (Å²) < 4.78 is 8.67. The number of benzene rings is 2. The zero-order chi connectivity index (χ0) is 19.8. The second-order valence-corrected chi connectivity index (χ2v) is 9.36. The normalized spacial score (nSPS) is 11.3. The Morgan fingerprint density at radius 2 is 1.90 bits per heavy atom. The number of hydrogen-bond acceptors (Lipinski definition) is 8. The highest BCUT2D eigenvalue weighted by atomic mass is 32.2. The molecule has 0 aliphatic rings. The van der Waals surface area contributed by atoms with Gasteiger partial charge in [-0.1, -0.05) is 35.2 Å². The third kappa shape index (κ3) is 3.64. The average molecular weight is 439 g/mol. The minimum Gasteiger partial charge on any atom is -0.497 e. The molecule has 6 nitrogen and oxygen atoms in total. The van der Waals surface area contributed by atoms with Gasteiger partial charge in [0.25, 0.3) is 5.56 Å². The maximum atomic E-state index is 12.5. The molecular formula is C20H14N4O2S3. The topological polar surface area (TPSA) is 69.4 Å². The van der Waals surface area contributed by atoms with Gasteiger partial charge in [-0.3, -0.25) is 4.79 Å². The van der Waals surface area contributed by atoms with Gasteiger partial charge in [0.15, 0.2) is 4.34 Å². The number of ether oxygens (including phenoxy) is 1. The van der Waals surface area contributed by atoms with Gasteiger partial charge in [-0.25, -0.2) is 9.97 Å². The maximum absolute atomic E-state index is 12.5. The molecule has 0 saturated heterocycles. The Hall–Kier alpha value is -2.75. The van der Waals surface area contributed by atoms with Crippen LogP contribution in [0.4, 0.5) is 0 Å². The molecule has 0 aliphatic heterocycles. The maximum Gasteiger partial charge on any atom is 0.275 e. The third-order valence-corrected chi connectivity index (χ3v) is 7.42. The summed E-state index contributed by atoms with van der Waals surface area (Å²) in [5.74, 6) is 1.36. The lowest BCUT2D eigenvalue weighted by Gasteiger charge is -1.99. The number of aromatic nitrogens is 4. The Kier molecular flexibility index (Phi) is 4.78. The monoisotopic (exact) mass is 438 g/mol. The molecule has 0 unspecified atom stereocenters. The molecule has 0 spiro atoms. The van der Waals surface area contributed by atoms with Crippen molar-refractivity contribution in [1.82, 2.24) is 19.6 Å². The number of fused-ring (bicyclic) bond motifs is 2. The highest BCUT2D eigenvalue weighted by Gasteiger charge is 2.12. The molecular weight excluding hydrogens is 424 g/mol. The molecule has 0 aliphatic carbocycles. The standard InChI is InChI=1S/C20H14N4O2S3/c1-26-14-8-6-12(7-9-14)18-23-24-17(25)10-13(21-19(24)29-18)11-27-20-22-15-4-2-3-5-16(15)28-20/h2-10H,11H2,1H3. The molecule has 9 heteroatoms. The van der Waals surface area contributed by atoms with Crippen LogP contribution in [0.3, 0.4) is 0 Å². The first-order valence-electron chi connectivity index (χ1n) is 8.72. The number of hydrogen-bond donors (Lipinski definition) is 0. The average Bonchev–Trinajstić information content (AvgIpc) is 3.36. The summed E-state index contributed by atoms with van der Waals surface area (Å²) in [4.78, 5) is 22.4. The van der Waals surface area contributed by atoms with Gasteiger partial charge in [0.2, 0.25) is 4.96 Å². The lowest BCUT2D eigenvalue weighted by atomic mass is 10.2. The van der Waals surface area contributed by atoms with Crippen molar-refractivity contribution in [1.29, 1.82) is 0 Å². The lowest BCUT2D eigenvalue weighted by Crippen LogP contribution is -2.15. The van der Waals surface area contributed by atoms with Gasteiger partial charge < -0.3 is 4.74 Å². The van der Waals surface area contributed by atoms with Crippen LogP contribution in [0, 0.1) is 0 Å². The van der Waals surface area contributed by atoms with Crippen LogP contribution in [0.2, 0.25) is 0 Å². The molecule has 0 bridgehead atoms. The van der Waals surface area contributed by atoms with Gasteiger partial charge in [-0.15, -0.1) is 11.3 Å². The SMILES string of the molecule is COc1ccc(-c2nn3c(=O)cc(CSc4nc5ccccc5s4)nc3s2)cc1. The van der Waals surface area contributed by atoms with E-state index in [4.69, 9.17) is 4.74 Å². The quantitative estimate of drug-likeness (QED) is 0.370. The molecule has 29 heavy (non-hydrogen) atoms. The lowest BCUT2D eigenvalue weighted by molar-refractivity contribution is 0.415. The molecule has 5 rings (SSSR count). The molecule has 144 valence electrons. The fourth-order valence-electron chi connectivity index (χ4n) is 2.83. The van der Waals surface area contributed by atoms with Crippen molar-refractivity contribution in [3.8, 4) is 16.3 Å². The van der Waals surface area contributed by atoms with Crippen molar-refractivity contribution in [3.05, 3.63) is 70.6 Å². The summed E-state index contributed by atoms with van der Waals surface area (Å²) in [7, 11) is 1.63. The van der Waals surface area contributed by atoms with E-state index in [1.165, 1.54) is 15.9 Å². The molecule has 5 aromatic rings. The summed E-state index contributed by atoms with van der Waals surface area (Å²) in [6.07, 6.45) is 0. The van der Waals surface area contributed by atoms with E-state index in [0.29, 0.717) is 10.7 Å². The van der Waals surface area contributed by atoms with Crippen molar-refractivity contribution >= 4 is 49.6 Å². The molecule has 0 fully saturated rings. The van der Waals surface area contributed by atoms with E-state index in [1.54, 1.807) is 36.3 Å². The molecule has 3 heterocycles. The van der Waals surface area contributed by atoms with Gasteiger partial charge in [0, 0.05) is 17.4 Å². The molecule has 2 aromatic carbocycles. The molecule has 0 saturated carbocycles. The minimum absolute atomic E-state index is 0.175. The first-order valence-corrected chi connectivity index (χ1v) is 11.3. The highest BCUT2D eigenvalue weighted by molar-refractivity contribution is 8.00. The Bertz CT molecular complexity index is 1340. The predicted molar refractivity (Wildman–Crippen MR) is 118 cm³/mol. The van der Waals surface area contributed by atoms with Crippen molar-refractivity contribution in [2.24, 2.45) is 0 Å². The van der Waals surface area contributed by atoms with E-state index in [-0.39, 0.29) is 5.56 Å². The Morgan fingerprint density at radius 1 is 1.07 bits per heavy atom. The van der Waals surface area contributed by atoms with Gasteiger partial charge in [-0.05, 0) is 36.4 Å². The van der Waals surface area contributed by atoms with E-state index in [2.05, 4.69) is 21.1 Å². The van der Waals surface area contributed by atoms with E-state index in [9.17, 15) is 4.79 Å². The van der Waals surface area contributed by atoms with Crippen molar-refractivity contribution < 1.29 is 4.74 Å². The molecule has 0 atom stereocenters. The molecule has 0 amide bonds. The first kappa shape index (κ1) is 18.3. The summed E-state index contributed by atoms with van der Waals surface area (Å²) >= 11 is 4.64. The van der Waals surface area contributed by atoms with Crippen LogP contribution in [-0.4, -0.2) is 26.7 Å². The fourth-order valence-corrected chi connectivity index (χ4v) is 5.72. The van der Waals surface area contributed by atoms with Crippen molar-refractivity contribution in [2.75, 3.05) is 7.11 Å². The zero-order valence-electron chi connectivity index (χ0n) is 15.2. The minimum atomic E-state index is -0.175. The Labute approximate surface area is 177 Å². The van der Waals surface area contributed by atoms with Crippen LogP contribution >= 0.6 is 34.4 Å². The van der Waals surface area contributed by atoms with Crippen LogP contribution in [0.1, 0.15) is 5.69 Å². The van der Waals surface area contributed by atoms with Crippen molar-refractivity contribution in [2.45, 2.75) is 10.1 Å². The first-order chi connectivity index (χ1) is 14.2. The van der Waals surface area contributed by atoms with Crippen molar-refractivity contribution in [3.63, 3.8) is 0 Å². The van der Waals surface area contributed by atoms with Gasteiger partial charge in [0.05, 0.1) is 23.0 Å². The summed E-state index contributed by atoms with van der Waals surface area (Å²) in [5, 5.41) is 5.17. The van der Waals surface area contributed by atoms with Crippen LogP contribution in [-0.2, 0) is 5.75 Å². The van der Waals surface area contributed by atoms with Gasteiger partial charge in [0.1, 0.15) is 10.8 Å². The summed E-state index contributed by atoms with van der Waals surface area (Å²) in [6, 6.07) is 17.2. The second-order valence-electron chi connectivity index (χ2n) is 6.15. The molecule has 3 aromatic heterocycles. The van der Waals surface area contributed by atoms with E-state index >= 15 is 0 Å². The highest BCUT2D eigenvalue weighted by Crippen LogP contribution is 2.31. The predicted octanol–water partition coefficient (Wildman–Crippen LogP) is 4.73. The molecule has 0 N–H and O–H groups in total. The number of thiazole rings is 1. The number of nitrogens with zero attached hydrogens (tertiary/aromatic N) is 4. The second kappa shape index (κ2) is 7.58. The largest absolute Gasteiger partial charge is 0.497 e. The summed E-state index contributed by atoms with van der Waals surface area (Å²) in [5.41, 5.74) is 2.47. The number of methoxy groups -OCH3 is 1. The van der Waals surface area contributed by atoms with E-state index in [0.717, 1.165) is 36.6 Å². The molecule has 0 radical (unpaired) electrons. The Balaban J connectivity index is 1.42. The third-order valence-electron chi connectivity index (χ3n) is 4.25. The number of para-hydroxylation sites is 1. The zero-order valence-corrected chi connectivity index (χ0v) is 17.7. The number of thioether (sulfide) groups is 1. The van der Waals surface area contributed by atoms with Crippen LogP contribution in [0.25, 0.3) is 25.7 Å². The number of rotatable bonds is 5. The van der Waals surface area contributed by atoms with Gasteiger partial charge >= 0.3 is 0 Å². The summed E-state index contributed by atoms with van der Waals surface area (Å²) in [6.45, 7) is 0. The smallest absolute Gasteiger partial charge is 0.275 e. The van der Waals surface area contributed by atoms with E-state index < -0.39 is 0 Å². The van der Waals surface area contributed by atoms with Crippen LogP contribution < -0.4 is 10.3 Å². The van der Waals surface area contributed by atoms with E-state index in [1.807, 2.05) is 42.5 Å². The Morgan fingerprint density at radius 3 is 2.69 bits per heavy atom. The van der Waals surface area contributed by atoms with Gasteiger partial charge in [-0.2, -0.15) is 9.61 Å². The van der Waals surface area contributed by atoms with Crippen LogP contribution in [0.5, 0.6) is 5.75 Å². The van der Waals surface area contributed by atoms with Crippen LogP contribution in [0.15, 0.2) is 63.7 Å². The fraction of sp³-hybridized carbons (Fsp3) is 0.100.